The standard InChI is InChI=1S/C10H13NO3S/c12-15(13,14)10-6-2-5-9-11-7-3-1-4-8-11/h1,3-5,7-9H,2,6,10H2. The maximum atomic E-state index is 10.3. The van der Waals surface area contributed by atoms with E-state index in [0.717, 1.165) is 0 Å². The van der Waals surface area contributed by atoms with Gasteiger partial charge in [-0.1, -0.05) is 6.07 Å². The first-order chi connectivity index (χ1) is 7.08. The Morgan fingerprint density at radius 1 is 1.20 bits per heavy atom. The third-order valence-corrected chi connectivity index (χ3v) is 2.57. The number of pyridine rings is 1. The molecule has 0 aliphatic carbocycles. The van der Waals surface area contributed by atoms with Gasteiger partial charge < -0.3 is 4.55 Å². The zero-order valence-electron chi connectivity index (χ0n) is 8.24. The molecule has 0 saturated heterocycles. The molecule has 82 valence electrons. The Hall–Kier alpha value is -1.20. The van der Waals surface area contributed by atoms with Crippen LogP contribution in [0.1, 0.15) is 12.8 Å². The second-order valence-electron chi connectivity index (χ2n) is 3.11. The van der Waals surface area contributed by atoms with Gasteiger partial charge >= 0.3 is 0 Å². The summed E-state index contributed by atoms with van der Waals surface area (Å²) >= 11 is 0. The SMILES string of the molecule is O=S(=O)([O-])CCCC=C[n+]1ccccc1. The summed E-state index contributed by atoms with van der Waals surface area (Å²) in [5, 5.41) is 0. The molecule has 0 aliphatic rings. The van der Waals surface area contributed by atoms with Gasteiger partial charge in [0.05, 0.1) is 10.1 Å². The monoisotopic (exact) mass is 227 g/mol. The van der Waals surface area contributed by atoms with Crippen LogP contribution < -0.4 is 4.57 Å². The molecule has 0 saturated carbocycles. The molecule has 1 rings (SSSR count). The Kier molecular flexibility index (Phi) is 4.45. The van der Waals surface area contributed by atoms with Crippen LogP contribution in [-0.4, -0.2) is 18.7 Å². The maximum Gasteiger partial charge on any atom is 0.174 e. The highest BCUT2D eigenvalue weighted by atomic mass is 32.2. The highest BCUT2D eigenvalue weighted by Gasteiger charge is 1.94. The summed E-state index contributed by atoms with van der Waals surface area (Å²) in [7, 11) is -4.06. The van der Waals surface area contributed by atoms with Crippen molar-refractivity contribution in [3.8, 4) is 0 Å². The highest BCUT2D eigenvalue weighted by Crippen LogP contribution is 1.94. The van der Waals surface area contributed by atoms with Gasteiger partial charge in [0.15, 0.2) is 18.6 Å². The van der Waals surface area contributed by atoms with Gasteiger partial charge in [-0.25, -0.2) is 8.42 Å². The second-order valence-corrected chi connectivity index (χ2v) is 4.64. The average Bonchev–Trinajstić information content (AvgIpc) is 2.17. The summed E-state index contributed by atoms with van der Waals surface area (Å²) in [6, 6.07) is 5.70. The molecule has 0 aliphatic heterocycles. The van der Waals surface area contributed by atoms with Gasteiger partial charge in [0.25, 0.3) is 0 Å². The zero-order valence-corrected chi connectivity index (χ0v) is 9.06. The minimum atomic E-state index is -4.06. The highest BCUT2D eigenvalue weighted by molar-refractivity contribution is 7.85. The summed E-state index contributed by atoms with van der Waals surface area (Å²) < 4.78 is 32.7. The van der Waals surface area contributed by atoms with Crippen molar-refractivity contribution in [2.45, 2.75) is 12.8 Å². The zero-order chi connectivity index (χ0) is 11.1. The van der Waals surface area contributed by atoms with Gasteiger partial charge in [0.2, 0.25) is 0 Å². The lowest BCUT2D eigenvalue weighted by atomic mass is 10.3. The number of unbranched alkanes of at least 4 members (excludes halogenated alkanes) is 1. The van der Waals surface area contributed by atoms with E-state index in [-0.39, 0.29) is 5.75 Å². The lowest BCUT2D eigenvalue weighted by Crippen LogP contribution is -2.23. The van der Waals surface area contributed by atoms with Gasteiger partial charge in [0.1, 0.15) is 0 Å². The first-order valence-electron chi connectivity index (χ1n) is 4.64. The van der Waals surface area contributed by atoms with E-state index in [1.165, 1.54) is 0 Å². The van der Waals surface area contributed by atoms with Crippen molar-refractivity contribution in [2.75, 3.05) is 5.75 Å². The van der Waals surface area contributed by atoms with E-state index in [0.29, 0.717) is 12.8 Å². The van der Waals surface area contributed by atoms with Crippen molar-refractivity contribution < 1.29 is 17.5 Å². The second kappa shape index (κ2) is 5.63. The van der Waals surface area contributed by atoms with Crippen LogP contribution in [0, 0.1) is 0 Å². The molecule has 0 bridgehead atoms. The van der Waals surface area contributed by atoms with Crippen LogP contribution in [0.2, 0.25) is 0 Å². The van der Waals surface area contributed by atoms with E-state index in [2.05, 4.69) is 0 Å². The third-order valence-electron chi connectivity index (χ3n) is 1.78. The molecule has 4 nitrogen and oxygen atoms in total. The molecule has 0 radical (unpaired) electrons. The predicted molar refractivity (Wildman–Crippen MR) is 55.8 cm³/mol. The largest absolute Gasteiger partial charge is 0.748 e. The fourth-order valence-electron chi connectivity index (χ4n) is 1.09. The average molecular weight is 227 g/mol. The molecule has 0 aromatic carbocycles. The summed E-state index contributed by atoms with van der Waals surface area (Å²) in [6.07, 6.45) is 8.38. The topological polar surface area (TPSA) is 61.1 Å². The summed E-state index contributed by atoms with van der Waals surface area (Å²) in [5.74, 6) is -0.295. The van der Waals surface area contributed by atoms with E-state index < -0.39 is 10.1 Å². The Bertz CT molecular complexity index is 412. The number of allylic oxidation sites excluding steroid dienone is 1. The summed E-state index contributed by atoms with van der Waals surface area (Å²) in [6.45, 7) is 0. The predicted octanol–water partition coefficient (Wildman–Crippen LogP) is 0.770. The van der Waals surface area contributed by atoms with Crippen LogP contribution in [0.25, 0.3) is 6.20 Å². The Labute approximate surface area is 89.6 Å². The fraction of sp³-hybridized carbons (Fsp3) is 0.300. The summed E-state index contributed by atoms with van der Waals surface area (Å²) in [4.78, 5) is 0. The quantitative estimate of drug-likeness (QED) is 0.424. The lowest BCUT2D eigenvalue weighted by Gasteiger charge is -2.03. The van der Waals surface area contributed by atoms with Crippen molar-refractivity contribution in [1.82, 2.24) is 0 Å². The number of nitrogens with zero attached hydrogens (tertiary/aromatic N) is 1. The van der Waals surface area contributed by atoms with E-state index in [9.17, 15) is 13.0 Å². The third kappa shape index (κ3) is 5.98. The first kappa shape index (κ1) is 11.9. The molecule has 1 aromatic rings. The number of hydrogen-bond acceptors (Lipinski definition) is 3. The number of hydrogen-bond donors (Lipinski definition) is 0. The van der Waals surface area contributed by atoms with Crippen molar-refractivity contribution in [3.05, 3.63) is 36.7 Å². The van der Waals surface area contributed by atoms with Crippen LogP contribution in [0.5, 0.6) is 0 Å². The lowest BCUT2D eigenvalue weighted by molar-refractivity contribution is -0.568. The molecule has 0 fully saturated rings. The van der Waals surface area contributed by atoms with Gasteiger partial charge in [-0.2, -0.15) is 4.57 Å². The first-order valence-corrected chi connectivity index (χ1v) is 6.22. The van der Waals surface area contributed by atoms with Crippen molar-refractivity contribution in [1.29, 1.82) is 0 Å². The van der Waals surface area contributed by atoms with Crippen LogP contribution in [0.3, 0.4) is 0 Å². The maximum absolute atomic E-state index is 10.3. The molecule has 5 heteroatoms. The van der Waals surface area contributed by atoms with Gasteiger partial charge in [0, 0.05) is 17.9 Å². The molecule has 0 spiro atoms. The van der Waals surface area contributed by atoms with Crippen molar-refractivity contribution >= 4 is 16.3 Å². The van der Waals surface area contributed by atoms with Crippen LogP contribution in [-0.2, 0) is 10.1 Å². The van der Waals surface area contributed by atoms with Gasteiger partial charge in [-0.15, -0.1) is 0 Å². The molecule has 0 N–H and O–H groups in total. The van der Waals surface area contributed by atoms with Gasteiger partial charge in [-0.05, 0) is 18.9 Å². The van der Waals surface area contributed by atoms with E-state index in [1.54, 1.807) is 0 Å². The fourth-order valence-corrected chi connectivity index (χ4v) is 1.61. The normalized spacial score (nSPS) is 12.1. The minimum absolute atomic E-state index is 0.295. The molecule has 0 amide bonds. The van der Waals surface area contributed by atoms with Crippen LogP contribution >= 0.6 is 0 Å². The van der Waals surface area contributed by atoms with Crippen LogP contribution in [0.15, 0.2) is 36.7 Å². The van der Waals surface area contributed by atoms with E-state index >= 15 is 0 Å². The van der Waals surface area contributed by atoms with E-state index in [1.807, 2.05) is 47.4 Å². The van der Waals surface area contributed by atoms with Crippen molar-refractivity contribution in [3.63, 3.8) is 0 Å². The van der Waals surface area contributed by atoms with Gasteiger partial charge in [-0.3, -0.25) is 0 Å². The Balaban J connectivity index is 2.30. The number of aromatic nitrogens is 1. The van der Waals surface area contributed by atoms with E-state index in [4.69, 9.17) is 0 Å². The molecule has 1 aromatic heterocycles. The number of rotatable bonds is 5. The molecular weight excluding hydrogens is 214 g/mol. The molecule has 0 unspecified atom stereocenters. The molecule has 1 heterocycles. The smallest absolute Gasteiger partial charge is 0.174 e. The van der Waals surface area contributed by atoms with Crippen molar-refractivity contribution in [2.24, 2.45) is 0 Å². The summed E-state index contributed by atoms with van der Waals surface area (Å²) in [5.41, 5.74) is 0. The molecule has 15 heavy (non-hydrogen) atoms. The van der Waals surface area contributed by atoms with Crippen LogP contribution in [0.4, 0.5) is 0 Å². The Morgan fingerprint density at radius 3 is 2.47 bits per heavy atom. The minimum Gasteiger partial charge on any atom is -0.748 e. The molecule has 0 atom stereocenters. The Morgan fingerprint density at radius 2 is 1.87 bits per heavy atom. The molecular formula is C10H13NO3S.